The summed E-state index contributed by atoms with van der Waals surface area (Å²) in [6.07, 6.45) is 0. The zero-order chi connectivity index (χ0) is 13.3. The van der Waals surface area contributed by atoms with Gasteiger partial charge >= 0.3 is 0 Å². The minimum atomic E-state index is 0.314. The van der Waals surface area contributed by atoms with Crippen LogP contribution < -0.4 is 0 Å². The van der Waals surface area contributed by atoms with Crippen molar-refractivity contribution in [2.24, 2.45) is 0 Å². The number of ether oxygens (including phenoxy) is 1. The molecule has 0 unspecified atom stereocenters. The van der Waals surface area contributed by atoms with Crippen LogP contribution in [0.25, 0.3) is 5.82 Å². The third kappa shape index (κ3) is 2.55. The average molecular weight is 332 g/mol. The number of methoxy groups -OCH3 is 1. The molecule has 7 heteroatoms. The molecule has 0 N–H and O–H groups in total. The summed E-state index contributed by atoms with van der Waals surface area (Å²) in [7, 11) is 1.59. The Bertz CT molecular complexity index is 585. The topological polar surface area (TPSA) is 52.8 Å². The largest absolute Gasteiger partial charge is 0.377 e. The van der Waals surface area contributed by atoms with E-state index in [2.05, 4.69) is 31.0 Å². The molecule has 96 valence electrons. The lowest BCUT2D eigenvalue weighted by Crippen LogP contribution is -2.06. The molecule has 0 bridgehead atoms. The highest BCUT2D eigenvalue weighted by Crippen LogP contribution is 2.23. The lowest BCUT2D eigenvalue weighted by Gasteiger charge is -2.06. The van der Waals surface area contributed by atoms with Crippen LogP contribution in [0, 0.1) is 13.8 Å². The van der Waals surface area contributed by atoms with E-state index < -0.39 is 0 Å². The quantitative estimate of drug-likeness (QED) is 0.812. The highest BCUT2D eigenvalue weighted by atomic mass is 79.9. The molecule has 0 saturated heterocycles. The Labute approximate surface area is 118 Å². The SMILES string of the molecule is COCc1nc(Cl)cc(-n2nc(C)c(Br)c2C)n1. The molecule has 0 aromatic carbocycles. The highest BCUT2D eigenvalue weighted by molar-refractivity contribution is 9.10. The van der Waals surface area contributed by atoms with Gasteiger partial charge in [-0.2, -0.15) is 5.10 Å². The van der Waals surface area contributed by atoms with Gasteiger partial charge in [0.15, 0.2) is 11.6 Å². The fourth-order valence-corrected chi connectivity index (χ4v) is 2.04. The van der Waals surface area contributed by atoms with Crippen LogP contribution in [0.3, 0.4) is 0 Å². The van der Waals surface area contributed by atoms with E-state index in [0.29, 0.717) is 23.4 Å². The molecule has 18 heavy (non-hydrogen) atoms. The van der Waals surface area contributed by atoms with Gasteiger partial charge in [0.05, 0.1) is 15.9 Å². The van der Waals surface area contributed by atoms with Crippen LogP contribution in [-0.2, 0) is 11.3 Å². The summed E-state index contributed by atoms with van der Waals surface area (Å²) in [4.78, 5) is 8.45. The van der Waals surface area contributed by atoms with Gasteiger partial charge in [0.25, 0.3) is 0 Å². The van der Waals surface area contributed by atoms with Gasteiger partial charge in [-0.3, -0.25) is 0 Å². The molecule has 0 spiro atoms. The van der Waals surface area contributed by atoms with Gasteiger partial charge in [0, 0.05) is 13.2 Å². The first-order chi connectivity index (χ1) is 8.52. The van der Waals surface area contributed by atoms with Crippen molar-refractivity contribution in [3.63, 3.8) is 0 Å². The zero-order valence-corrected chi connectivity index (χ0v) is 12.6. The Morgan fingerprint density at radius 1 is 1.39 bits per heavy atom. The second-order valence-corrected chi connectivity index (χ2v) is 4.97. The van der Waals surface area contributed by atoms with Crippen molar-refractivity contribution in [1.29, 1.82) is 0 Å². The summed E-state index contributed by atoms with van der Waals surface area (Å²) in [5.41, 5.74) is 1.86. The Morgan fingerprint density at radius 3 is 2.67 bits per heavy atom. The molecule has 5 nitrogen and oxygen atoms in total. The molecule has 0 aliphatic carbocycles. The van der Waals surface area contributed by atoms with Crippen molar-refractivity contribution < 1.29 is 4.74 Å². The molecule has 0 fully saturated rings. The predicted molar refractivity (Wildman–Crippen MR) is 72.1 cm³/mol. The summed E-state index contributed by atoms with van der Waals surface area (Å²) < 4.78 is 7.70. The van der Waals surface area contributed by atoms with E-state index in [9.17, 15) is 0 Å². The van der Waals surface area contributed by atoms with Crippen LogP contribution in [0.4, 0.5) is 0 Å². The van der Waals surface area contributed by atoms with Crippen molar-refractivity contribution in [3.8, 4) is 5.82 Å². The maximum Gasteiger partial charge on any atom is 0.158 e. The number of nitrogens with zero attached hydrogens (tertiary/aromatic N) is 4. The van der Waals surface area contributed by atoms with Gasteiger partial charge < -0.3 is 4.74 Å². The summed E-state index contributed by atoms with van der Waals surface area (Å²) in [6.45, 7) is 4.19. The molecule has 0 aliphatic heterocycles. The summed E-state index contributed by atoms with van der Waals surface area (Å²) in [6, 6.07) is 1.67. The Morgan fingerprint density at radius 2 is 2.11 bits per heavy atom. The first-order valence-electron chi connectivity index (χ1n) is 5.27. The van der Waals surface area contributed by atoms with Crippen molar-refractivity contribution in [1.82, 2.24) is 19.7 Å². The Kier molecular flexibility index (Phi) is 3.99. The monoisotopic (exact) mass is 330 g/mol. The second kappa shape index (κ2) is 5.34. The fraction of sp³-hybridized carbons (Fsp3) is 0.364. The van der Waals surface area contributed by atoms with Gasteiger partial charge in [-0.1, -0.05) is 11.6 Å². The van der Waals surface area contributed by atoms with Gasteiger partial charge in [-0.05, 0) is 29.8 Å². The number of rotatable bonds is 3. The predicted octanol–water partition coefficient (Wildman–Crippen LogP) is 2.84. The smallest absolute Gasteiger partial charge is 0.158 e. The lowest BCUT2D eigenvalue weighted by atomic mass is 10.4. The van der Waals surface area contributed by atoms with Gasteiger partial charge in [0.2, 0.25) is 0 Å². The van der Waals surface area contributed by atoms with Crippen LogP contribution in [0.15, 0.2) is 10.5 Å². The van der Waals surface area contributed by atoms with Crippen LogP contribution in [0.1, 0.15) is 17.2 Å². The molecule has 2 aromatic heterocycles. The van der Waals surface area contributed by atoms with Gasteiger partial charge in [-0.15, -0.1) is 0 Å². The average Bonchev–Trinajstić information content (AvgIpc) is 2.57. The summed E-state index contributed by atoms with van der Waals surface area (Å²) in [5.74, 6) is 1.16. The molecular weight excluding hydrogens is 320 g/mol. The minimum Gasteiger partial charge on any atom is -0.377 e. The molecule has 2 rings (SSSR count). The number of hydrogen-bond donors (Lipinski definition) is 0. The van der Waals surface area contributed by atoms with E-state index >= 15 is 0 Å². The molecule has 0 amide bonds. The van der Waals surface area contributed by atoms with Crippen LogP contribution >= 0.6 is 27.5 Å². The first kappa shape index (κ1) is 13.5. The van der Waals surface area contributed by atoms with Crippen LogP contribution in [0.5, 0.6) is 0 Å². The van der Waals surface area contributed by atoms with E-state index in [4.69, 9.17) is 16.3 Å². The second-order valence-electron chi connectivity index (χ2n) is 3.79. The maximum atomic E-state index is 5.98. The molecule has 0 atom stereocenters. The van der Waals surface area contributed by atoms with Crippen LogP contribution in [0.2, 0.25) is 5.15 Å². The molecular formula is C11H12BrClN4O. The highest BCUT2D eigenvalue weighted by Gasteiger charge is 2.13. The summed E-state index contributed by atoms with van der Waals surface area (Å²) >= 11 is 9.46. The molecule has 0 saturated carbocycles. The molecule has 0 radical (unpaired) electrons. The number of aromatic nitrogens is 4. The van der Waals surface area contributed by atoms with Crippen molar-refractivity contribution in [2.75, 3.05) is 7.11 Å². The van der Waals surface area contributed by atoms with E-state index in [1.165, 1.54) is 0 Å². The van der Waals surface area contributed by atoms with Crippen molar-refractivity contribution >= 4 is 27.5 Å². The van der Waals surface area contributed by atoms with Crippen molar-refractivity contribution in [3.05, 3.63) is 32.9 Å². The molecule has 2 aromatic rings. The minimum absolute atomic E-state index is 0.314. The van der Waals surface area contributed by atoms with Crippen molar-refractivity contribution in [2.45, 2.75) is 20.5 Å². The summed E-state index contributed by atoms with van der Waals surface area (Å²) in [5, 5.41) is 4.77. The maximum absolute atomic E-state index is 5.98. The molecule has 0 aliphatic rings. The normalized spacial score (nSPS) is 10.9. The number of aryl methyl sites for hydroxylation is 1. The standard InChI is InChI=1S/C11H12BrClN4O/c1-6-11(12)7(2)17(16-6)10-4-8(13)14-9(15-10)5-18-3/h4H,5H2,1-3H3. The van der Waals surface area contributed by atoms with E-state index in [-0.39, 0.29) is 0 Å². The third-order valence-electron chi connectivity index (χ3n) is 2.42. The van der Waals surface area contributed by atoms with E-state index in [0.717, 1.165) is 15.9 Å². The molecule has 2 heterocycles. The third-order valence-corrected chi connectivity index (χ3v) is 3.76. The van der Waals surface area contributed by atoms with Gasteiger partial charge in [0.1, 0.15) is 11.8 Å². The first-order valence-corrected chi connectivity index (χ1v) is 6.44. The van der Waals surface area contributed by atoms with E-state index in [1.54, 1.807) is 17.9 Å². The zero-order valence-electron chi connectivity index (χ0n) is 10.2. The Hall–Kier alpha value is -0.980. The fourth-order valence-electron chi connectivity index (χ4n) is 1.60. The van der Waals surface area contributed by atoms with Crippen LogP contribution in [-0.4, -0.2) is 26.9 Å². The lowest BCUT2D eigenvalue weighted by molar-refractivity contribution is 0.177. The van der Waals surface area contributed by atoms with Gasteiger partial charge in [-0.25, -0.2) is 14.6 Å². The number of hydrogen-bond acceptors (Lipinski definition) is 4. The Balaban J connectivity index is 2.52. The number of halogens is 2. The van der Waals surface area contributed by atoms with E-state index in [1.807, 2.05) is 13.8 Å².